The highest BCUT2D eigenvalue weighted by Crippen LogP contribution is 2.29. The van der Waals surface area contributed by atoms with Gasteiger partial charge in [0.25, 0.3) is 0 Å². The summed E-state index contributed by atoms with van der Waals surface area (Å²) in [5.41, 5.74) is 8.83. The minimum absolute atomic E-state index is 0.612. The predicted octanol–water partition coefficient (Wildman–Crippen LogP) is 3.50. The van der Waals surface area contributed by atoms with E-state index < -0.39 is 0 Å². The van der Waals surface area contributed by atoms with Gasteiger partial charge in [-0.2, -0.15) is 4.37 Å². The molecule has 0 spiro atoms. The molecule has 2 aromatic carbocycles. The minimum atomic E-state index is 0.612. The molecule has 2 N–H and O–H groups in total. The van der Waals surface area contributed by atoms with Gasteiger partial charge in [-0.15, -0.1) is 0 Å². The van der Waals surface area contributed by atoms with E-state index in [-0.39, 0.29) is 0 Å². The molecule has 0 saturated heterocycles. The number of hydrogen-bond donors (Lipinski definition) is 1. The summed E-state index contributed by atoms with van der Waals surface area (Å²) in [5, 5.41) is 1.96. The van der Waals surface area contributed by atoms with Gasteiger partial charge in [0, 0.05) is 23.6 Å². The Labute approximate surface area is 115 Å². The molecule has 0 aliphatic carbocycles. The number of ether oxygens (including phenoxy) is 1. The zero-order chi connectivity index (χ0) is 13.1. The molecule has 0 unspecified atom stereocenters. The first-order chi connectivity index (χ1) is 9.34. The number of rotatable bonds is 4. The van der Waals surface area contributed by atoms with Crippen LogP contribution < -0.4 is 10.5 Å². The van der Waals surface area contributed by atoms with Gasteiger partial charge in [0.05, 0.1) is 17.5 Å². The van der Waals surface area contributed by atoms with Crippen molar-refractivity contribution in [2.45, 2.75) is 6.42 Å². The molecule has 0 atom stereocenters. The van der Waals surface area contributed by atoms with Crippen molar-refractivity contribution in [3.05, 3.63) is 54.1 Å². The van der Waals surface area contributed by atoms with Crippen molar-refractivity contribution in [1.29, 1.82) is 0 Å². The molecule has 0 saturated carbocycles. The fourth-order valence-corrected chi connectivity index (χ4v) is 2.73. The Balaban J connectivity index is 1.68. The van der Waals surface area contributed by atoms with Crippen LogP contribution in [0.3, 0.4) is 0 Å². The fraction of sp³-hybridized carbons (Fsp3) is 0.133. The maximum atomic E-state index is 5.91. The van der Waals surface area contributed by atoms with Crippen LogP contribution in [0.15, 0.2) is 48.5 Å². The standard InChI is InChI=1S/C15H14N2OS/c16-13-7-3-1-5-11(13)9-10-18-15-12-6-2-4-8-14(12)17-19-15/h1-8H,9-10,16H2. The van der Waals surface area contributed by atoms with Gasteiger partial charge in [-0.3, -0.25) is 0 Å². The van der Waals surface area contributed by atoms with Gasteiger partial charge >= 0.3 is 0 Å². The van der Waals surface area contributed by atoms with Crippen LogP contribution in [0.1, 0.15) is 5.56 Å². The number of nitrogens with two attached hydrogens (primary N) is 1. The second-order valence-corrected chi connectivity index (χ2v) is 5.02. The van der Waals surface area contributed by atoms with E-state index in [0.717, 1.165) is 33.6 Å². The first-order valence-electron chi connectivity index (χ1n) is 6.15. The van der Waals surface area contributed by atoms with E-state index in [1.165, 1.54) is 11.5 Å². The summed E-state index contributed by atoms with van der Waals surface area (Å²) in [7, 11) is 0. The van der Waals surface area contributed by atoms with E-state index in [1.54, 1.807) is 0 Å². The number of nitrogen functional groups attached to an aromatic ring is 1. The molecular formula is C15H14N2OS. The number of para-hydroxylation sites is 1. The zero-order valence-corrected chi connectivity index (χ0v) is 11.2. The lowest BCUT2D eigenvalue weighted by molar-refractivity contribution is 0.335. The van der Waals surface area contributed by atoms with E-state index in [4.69, 9.17) is 10.5 Å². The van der Waals surface area contributed by atoms with Crippen molar-refractivity contribution in [2.24, 2.45) is 0 Å². The number of benzene rings is 2. The molecule has 0 radical (unpaired) electrons. The third-order valence-corrected chi connectivity index (χ3v) is 3.80. The number of aromatic nitrogens is 1. The van der Waals surface area contributed by atoms with Crippen LogP contribution in [-0.2, 0) is 6.42 Å². The summed E-state index contributed by atoms with van der Waals surface area (Å²) >= 11 is 1.40. The maximum Gasteiger partial charge on any atom is 0.201 e. The van der Waals surface area contributed by atoms with Crippen LogP contribution in [0.2, 0.25) is 0 Å². The highest BCUT2D eigenvalue weighted by Gasteiger charge is 2.06. The lowest BCUT2D eigenvalue weighted by atomic mass is 10.1. The smallest absolute Gasteiger partial charge is 0.201 e. The lowest BCUT2D eigenvalue weighted by Crippen LogP contribution is -2.03. The van der Waals surface area contributed by atoms with Gasteiger partial charge in [-0.1, -0.05) is 30.3 Å². The highest BCUT2D eigenvalue weighted by molar-refractivity contribution is 7.09. The van der Waals surface area contributed by atoms with Gasteiger partial charge in [-0.25, -0.2) is 0 Å². The number of anilines is 1. The summed E-state index contributed by atoms with van der Waals surface area (Å²) in [6.45, 7) is 0.612. The van der Waals surface area contributed by atoms with Gasteiger partial charge in [0.2, 0.25) is 5.06 Å². The first-order valence-corrected chi connectivity index (χ1v) is 6.92. The molecule has 3 aromatic rings. The van der Waals surface area contributed by atoms with Crippen LogP contribution in [0.5, 0.6) is 5.06 Å². The first kappa shape index (κ1) is 12.0. The fourth-order valence-electron chi connectivity index (χ4n) is 1.99. The Kier molecular flexibility index (Phi) is 3.33. The topological polar surface area (TPSA) is 48.1 Å². The molecule has 1 heterocycles. The van der Waals surface area contributed by atoms with E-state index in [1.807, 2.05) is 48.5 Å². The van der Waals surface area contributed by atoms with Crippen LogP contribution in [-0.4, -0.2) is 11.0 Å². The van der Waals surface area contributed by atoms with Crippen LogP contribution >= 0.6 is 11.5 Å². The molecule has 1 aromatic heterocycles. The molecule has 0 aliphatic heterocycles. The van der Waals surface area contributed by atoms with Crippen molar-refractivity contribution in [1.82, 2.24) is 4.37 Å². The lowest BCUT2D eigenvalue weighted by Gasteiger charge is -2.06. The second-order valence-electron chi connectivity index (χ2n) is 4.28. The van der Waals surface area contributed by atoms with E-state index in [9.17, 15) is 0 Å². The Morgan fingerprint density at radius 1 is 1.05 bits per heavy atom. The largest absolute Gasteiger partial charge is 0.482 e. The Morgan fingerprint density at radius 3 is 2.74 bits per heavy atom. The third kappa shape index (κ3) is 2.53. The van der Waals surface area contributed by atoms with Crippen molar-refractivity contribution in [3.63, 3.8) is 0 Å². The highest BCUT2D eigenvalue weighted by atomic mass is 32.1. The van der Waals surface area contributed by atoms with Crippen molar-refractivity contribution in [3.8, 4) is 5.06 Å². The summed E-state index contributed by atoms with van der Waals surface area (Å²) in [6.07, 6.45) is 0.804. The molecule has 96 valence electrons. The van der Waals surface area contributed by atoms with Crippen molar-refractivity contribution < 1.29 is 4.74 Å². The van der Waals surface area contributed by atoms with Crippen LogP contribution in [0, 0.1) is 0 Å². The van der Waals surface area contributed by atoms with Crippen LogP contribution in [0.4, 0.5) is 5.69 Å². The summed E-state index contributed by atoms with van der Waals surface area (Å²) < 4.78 is 10.2. The predicted molar refractivity (Wildman–Crippen MR) is 79.7 cm³/mol. The number of hydrogen-bond acceptors (Lipinski definition) is 4. The Bertz CT molecular complexity index is 693. The minimum Gasteiger partial charge on any atom is -0.482 e. The third-order valence-electron chi connectivity index (χ3n) is 3.01. The molecule has 3 nitrogen and oxygen atoms in total. The molecule has 19 heavy (non-hydrogen) atoms. The molecule has 0 bridgehead atoms. The molecule has 3 rings (SSSR count). The zero-order valence-electron chi connectivity index (χ0n) is 10.4. The number of nitrogens with zero attached hydrogens (tertiary/aromatic N) is 1. The summed E-state index contributed by atoms with van der Waals surface area (Å²) in [5.74, 6) is 0. The monoisotopic (exact) mass is 270 g/mol. The average molecular weight is 270 g/mol. The van der Waals surface area contributed by atoms with Crippen molar-refractivity contribution >= 4 is 28.1 Å². The molecule has 0 amide bonds. The number of fused-ring (bicyclic) bond motifs is 1. The molecule has 0 fully saturated rings. The van der Waals surface area contributed by atoms with E-state index in [0.29, 0.717) is 6.61 Å². The SMILES string of the molecule is Nc1ccccc1CCOc1snc2ccccc12. The second kappa shape index (κ2) is 5.28. The van der Waals surface area contributed by atoms with Gasteiger partial charge in [0.15, 0.2) is 0 Å². The summed E-state index contributed by atoms with van der Waals surface area (Å²) in [6, 6.07) is 15.9. The summed E-state index contributed by atoms with van der Waals surface area (Å²) in [4.78, 5) is 0. The van der Waals surface area contributed by atoms with Gasteiger partial charge in [-0.05, 0) is 23.8 Å². The van der Waals surface area contributed by atoms with Gasteiger partial charge in [0.1, 0.15) is 0 Å². The van der Waals surface area contributed by atoms with Crippen LogP contribution in [0.25, 0.3) is 10.9 Å². The van der Waals surface area contributed by atoms with E-state index in [2.05, 4.69) is 4.37 Å². The van der Waals surface area contributed by atoms with Gasteiger partial charge < -0.3 is 10.5 Å². The average Bonchev–Trinajstić information content (AvgIpc) is 2.85. The van der Waals surface area contributed by atoms with E-state index >= 15 is 0 Å². The molecule has 0 aliphatic rings. The quantitative estimate of drug-likeness (QED) is 0.738. The van der Waals surface area contributed by atoms with Crippen molar-refractivity contribution in [2.75, 3.05) is 12.3 Å². The Hall–Kier alpha value is -2.07. The Morgan fingerprint density at radius 2 is 1.84 bits per heavy atom. The maximum absolute atomic E-state index is 5.91. The normalized spacial score (nSPS) is 10.7. The molecule has 4 heteroatoms. The molecular weight excluding hydrogens is 256 g/mol.